The molecule has 2 aromatic heterocycles. The van der Waals surface area contributed by atoms with Crippen LogP contribution in [0.1, 0.15) is 22.8 Å². The number of carbonyl (C=O) groups is 1. The van der Waals surface area contributed by atoms with Crippen LogP contribution in [0.3, 0.4) is 0 Å². The van der Waals surface area contributed by atoms with E-state index in [0.29, 0.717) is 23.4 Å². The summed E-state index contributed by atoms with van der Waals surface area (Å²) in [6, 6.07) is 23.1. The monoisotopic (exact) mass is 423 g/mol. The molecule has 1 N–H and O–H groups in total. The zero-order valence-electron chi connectivity index (χ0n) is 17.7. The number of carbonyl (C=O) groups excluding carboxylic acids is 1. The first kappa shape index (κ1) is 19.7. The number of imidazole rings is 1. The van der Waals surface area contributed by atoms with Crippen molar-refractivity contribution in [3.63, 3.8) is 0 Å². The number of rotatable bonds is 4. The second-order valence-corrected chi connectivity index (χ2v) is 7.64. The molecule has 0 unspecified atom stereocenters. The summed E-state index contributed by atoms with van der Waals surface area (Å²) in [5, 5.41) is 4.27. The molecule has 2 heterocycles. The number of para-hydroxylation sites is 3. The molecule has 0 amide bonds. The molecule has 0 saturated heterocycles. The Morgan fingerprint density at radius 2 is 1.62 bits per heavy atom. The molecule has 0 saturated carbocycles. The Balaban J connectivity index is 1.74. The molecule has 0 atom stereocenters. The van der Waals surface area contributed by atoms with Gasteiger partial charge in [0.05, 0.1) is 16.6 Å². The van der Waals surface area contributed by atoms with Crippen molar-refractivity contribution < 1.29 is 4.79 Å². The van der Waals surface area contributed by atoms with Gasteiger partial charge in [-0.2, -0.15) is 4.98 Å². The molecule has 0 aliphatic rings. The van der Waals surface area contributed by atoms with Gasteiger partial charge in [-0.15, -0.1) is 0 Å². The van der Waals surface area contributed by atoms with E-state index in [2.05, 4.69) is 5.32 Å². The van der Waals surface area contributed by atoms with Gasteiger partial charge in [0.25, 0.3) is 0 Å². The first-order chi connectivity index (χ1) is 15.5. The lowest BCUT2D eigenvalue weighted by molar-refractivity contribution is 0.0937. The van der Waals surface area contributed by atoms with E-state index < -0.39 is 5.69 Å². The van der Waals surface area contributed by atoms with Crippen LogP contribution in [0, 0.1) is 6.92 Å². The van der Waals surface area contributed by atoms with Crippen molar-refractivity contribution in [2.24, 2.45) is 0 Å². The number of fused-ring (bicyclic) bond motifs is 2. The van der Waals surface area contributed by atoms with Crippen LogP contribution in [0.4, 0.5) is 5.82 Å². The summed E-state index contributed by atoms with van der Waals surface area (Å²) in [7, 11) is 0. The molecular weight excluding hydrogens is 402 g/mol. The van der Waals surface area contributed by atoms with Crippen molar-refractivity contribution in [1.82, 2.24) is 19.1 Å². The van der Waals surface area contributed by atoms with E-state index in [4.69, 9.17) is 9.97 Å². The Morgan fingerprint density at radius 3 is 2.38 bits per heavy atom. The number of hydrogen-bond acceptors (Lipinski definition) is 5. The minimum Gasteiger partial charge on any atom is -0.365 e. The maximum Gasteiger partial charge on any atom is 0.343 e. The molecule has 5 aromatic rings. The zero-order chi connectivity index (χ0) is 22.2. The number of nitrogens with zero attached hydrogens (tertiary/aromatic N) is 4. The first-order valence-corrected chi connectivity index (χ1v) is 10.3. The van der Waals surface area contributed by atoms with Crippen molar-refractivity contribution in [1.29, 1.82) is 0 Å². The lowest BCUT2D eigenvalue weighted by Gasteiger charge is -2.12. The van der Waals surface area contributed by atoms with Crippen LogP contribution >= 0.6 is 0 Å². The number of aromatic nitrogens is 4. The lowest BCUT2D eigenvalue weighted by Crippen LogP contribution is -2.27. The van der Waals surface area contributed by atoms with Gasteiger partial charge in [-0.05, 0) is 36.2 Å². The van der Waals surface area contributed by atoms with Gasteiger partial charge in [-0.25, -0.2) is 18.9 Å². The highest BCUT2D eigenvalue weighted by atomic mass is 16.2. The Morgan fingerprint density at radius 1 is 0.906 bits per heavy atom. The first-order valence-electron chi connectivity index (χ1n) is 10.3. The Kier molecular flexibility index (Phi) is 4.78. The predicted octanol–water partition coefficient (Wildman–Crippen LogP) is 4.32. The number of nitrogens with one attached hydrogen (secondary N) is 1. The van der Waals surface area contributed by atoms with Crippen molar-refractivity contribution >= 4 is 33.7 Å². The summed E-state index contributed by atoms with van der Waals surface area (Å²) in [6.45, 7) is 3.92. The van der Waals surface area contributed by atoms with Crippen LogP contribution in [0.25, 0.3) is 27.9 Å². The fourth-order valence-corrected chi connectivity index (χ4v) is 3.95. The summed E-state index contributed by atoms with van der Waals surface area (Å²) >= 11 is 0. The molecule has 32 heavy (non-hydrogen) atoms. The molecule has 7 nitrogen and oxygen atoms in total. The number of aryl methyl sites for hydroxylation is 1. The van der Waals surface area contributed by atoms with E-state index in [-0.39, 0.29) is 11.9 Å². The van der Waals surface area contributed by atoms with E-state index in [0.717, 1.165) is 26.6 Å². The smallest absolute Gasteiger partial charge is 0.343 e. The highest BCUT2D eigenvalue weighted by molar-refractivity contribution is 5.93. The van der Waals surface area contributed by atoms with E-state index in [1.807, 2.05) is 61.5 Å². The second-order valence-electron chi connectivity index (χ2n) is 7.64. The van der Waals surface area contributed by atoms with Crippen molar-refractivity contribution in [2.45, 2.75) is 20.4 Å². The fourth-order valence-electron chi connectivity index (χ4n) is 3.95. The summed E-state index contributed by atoms with van der Waals surface area (Å²) in [4.78, 5) is 34.9. The SMILES string of the molecule is CC(=O)n1c(=O)n(-c2nc(NCc3ccccc3)c3cccc(C)c3n2)c2ccccc21. The molecule has 0 bridgehead atoms. The molecule has 0 spiro atoms. The number of hydrogen-bond donors (Lipinski definition) is 1. The van der Waals surface area contributed by atoms with Crippen LogP contribution < -0.4 is 11.0 Å². The average Bonchev–Trinajstić information content (AvgIpc) is 3.10. The number of benzene rings is 3. The summed E-state index contributed by atoms with van der Waals surface area (Å²) in [6.07, 6.45) is 0. The van der Waals surface area contributed by atoms with Crippen LogP contribution in [-0.2, 0) is 6.54 Å². The minimum atomic E-state index is -0.486. The standard InChI is InChI=1S/C25H21N5O2/c1-16-9-8-12-19-22(16)27-24(28-23(19)26-15-18-10-4-3-5-11-18)30-21-14-7-6-13-20(21)29(17(2)31)25(30)32/h3-14H,15H2,1-2H3,(H,26,27,28). The molecule has 5 rings (SSSR count). The fraction of sp³-hybridized carbons (Fsp3) is 0.120. The largest absolute Gasteiger partial charge is 0.365 e. The average molecular weight is 423 g/mol. The second kappa shape index (κ2) is 7.77. The van der Waals surface area contributed by atoms with Gasteiger partial charge in [-0.3, -0.25) is 4.79 Å². The lowest BCUT2D eigenvalue weighted by atomic mass is 10.1. The van der Waals surface area contributed by atoms with E-state index in [1.54, 1.807) is 18.2 Å². The van der Waals surface area contributed by atoms with Gasteiger partial charge in [0.2, 0.25) is 11.9 Å². The van der Waals surface area contributed by atoms with Gasteiger partial charge in [0.1, 0.15) is 5.82 Å². The van der Waals surface area contributed by atoms with Gasteiger partial charge in [-0.1, -0.05) is 54.6 Å². The molecular formula is C25H21N5O2. The molecule has 0 radical (unpaired) electrons. The van der Waals surface area contributed by atoms with E-state index in [9.17, 15) is 9.59 Å². The highest BCUT2D eigenvalue weighted by Crippen LogP contribution is 2.26. The molecule has 158 valence electrons. The summed E-state index contributed by atoms with van der Waals surface area (Å²) in [5.41, 5.74) is 3.45. The van der Waals surface area contributed by atoms with Crippen LogP contribution in [0.2, 0.25) is 0 Å². The van der Waals surface area contributed by atoms with Gasteiger partial charge in [0, 0.05) is 18.9 Å². The van der Waals surface area contributed by atoms with Crippen LogP contribution in [0.5, 0.6) is 0 Å². The third kappa shape index (κ3) is 3.24. The Bertz CT molecular complexity index is 1530. The van der Waals surface area contributed by atoms with Crippen LogP contribution in [0.15, 0.2) is 77.6 Å². The third-order valence-corrected chi connectivity index (χ3v) is 5.48. The topological polar surface area (TPSA) is 81.8 Å². The van der Waals surface area contributed by atoms with Gasteiger partial charge < -0.3 is 5.32 Å². The number of anilines is 1. The van der Waals surface area contributed by atoms with Crippen molar-refractivity contribution in [3.05, 3.63) is 94.4 Å². The van der Waals surface area contributed by atoms with Crippen molar-refractivity contribution in [3.8, 4) is 5.95 Å². The maximum atomic E-state index is 13.2. The van der Waals surface area contributed by atoms with Crippen molar-refractivity contribution in [2.75, 3.05) is 5.32 Å². The molecule has 0 aliphatic heterocycles. The summed E-state index contributed by atoms with van der Waals surface area (Å²) < 4.78 is 2.55. The predicted molar refractivity (Wildman–Crippen MR) is 125 cm³/mol. The Labute approximate surface area is 184 Å². The zero-order valence-corrected chi connectivity index (χ0v) is 17.7. The Hall–Kier alpha value is -4.26. The quantitative estimate of drug-likeness (QED) is 0.466. The van der Waals surface area contributed by atoms with E-state index in [1.165, 1.54) is 11.5 Å². The normalized spacial score (nSPS) is 11.2. The highest BCUT2D eigenvalue weighted by Gasteiger charge is 2.20. The molecule has 3 aromatic carbocycles. The molecule has 7 heteroatoms. The summed E-state index contributed by atoms with van der Waals surface area (Å²) in [5.74, 6) is 0.497. The van der Waals surface area contributed by atoms with E-state index >= 15 is 0 Å². The molecule has 0 aliphatic carbocycles. The minimum absolute atomic E-state index is 0.226. The maximum absolute atomic E-state index is 13.2. The van der Waals surface area contributed by atoms with Gasteiger partial charge in [0.15, 0.2) is 0 Å². The third-order valence-electron chi connectivity index (χ3n) is 5.48. The molecule has 0 fully saturated rings. The van der Waals surface area contributed by atoms with Crippen LogP contribution in [-0.4, -0.2) is 25.0 Å². The van der Waals surface area contributed by atoms with Gasteiger partial charge >= 0.3 is 5.69 Å².